The molecule has 0 saturated heterocycles. The fourth-order valence-electron chi connectivity index (χ4n) is 1.88. The third-order valence-electron chi connectivity index (χ3n) is 3.07. The van der Waals surface area contributed by atoms with E-state index in [0.717, 1.165) is 5.56 Å². The summed E-state index contributed by atoms with van der Waals surface area (Å²) < 4.78 is 5.39. The third kappa shape index (κ3) is 6.06. The Hall–Kier alpha value is -2.64. The maximum Gasteiger partial charge on any atom is 0.276 e. The van der Waals surface area contributed by atoms with Crippen LogP contribution in [0.3, 0.4) is 0 Å². The number of nitrogens with one attached hydrogen (secondary N) is 3. The lowest BCUT2D eigenvalue weighted by Gasteiger charge is -2.12. The van der Waals surface area contributed by atoms with Crippen molar-refractivity contribution < 1.29 is 14.3 Å². The average Bonchev–Trinajstić information content (AvgIpc) is 2.60. The number of carbonyl (C=O) groups excluding carboxylic acids is 2. The molecule has 6 nitrogen and oxygen atoms in total. The Balaban J connectivity index is 1.74. The van der Waals surface area contributed by atoms with Crippen LogP contribution in [0.15, 0.2) is 48.5 Å². The van der Waals surface area contributed by atoms with Crippen molar-refractivity contribution in [2.45, 2.75) is 6.92 Å². The van der Waals surface area contributed by atoms with Crippen LogP contribution in [0.5, 0.6) is 5.75 Å². The number of ether oxygens (including phenoxy) is 1. The summed E-state index contributed by atoms with van der Waals surface area (Å²) in [5.41, 5.74) is 6.06. The molecule has 130 valence electrons. The topological polar surface area (TPSA) is 79.5 Å². The molecule has 0 fully saturated rings. The SMILES string of the molecule is Cc1cc(Cl)ccc1OCC(=O)NNC(=S)NC(=O)c1ccccc1. The molecule has 0 heterocycles. The molecule has 0 aromatic heterocycles. The predicted octanol–water partition coefficient (Wildman–Crippen LogP) is 2.36. The lowest BCUT2D eigenvalue weighted by Crippen LogP contribution is -2.49. The second-order valence-corrected chi connectivity index (χ2v) is 5.87. The molecule has 0 bridgehead atoms. The van der Waals surface area contributed by atoms with Gasteiger partial charge in [0.1, 0.15) is 5.75 Å². The first-order valence-corrected chi connectivity index (χ1v) is 8.08. The van der Waals surface area contributed by atoms with E-state index < -0.39 is 5.91 Å². The molecule has 25 heavy (non-hydrogen) atoms. The number of amides is 2. The van der Waals surface area contributed by atoms with Crippen molar-refractivity contribution in [3.63, 3.8) is 0 Å². The van der Waals surface area contributed by atoms with E-state index in [9.17, 15) is 9.59 Å². The number of aryl methyl sites for hydroxylation is 1. The molecule has 0 atom stereocenters. The van der Waals surface area contributed by atoms with Gasteiger partial charge in [0, 0.05) is 10.6 Å². The summed E-state index contributed by atoms with van der Waals surface area (Å²) in [7, 11) is 0. The van der Waals surface area contributed by atoms with E-state index >= 15 is 0 Å². The standard InChI is InChI=1S/C17H16ClN3O3S/c1-11-9-13(18)7-8-14(11)24-10-15(22)20-21-17(25)19-16(23)12-5-3-2-4-6-12/h2-9H,10H2,1H3,(H,20,22)(H2,19,21,23,25). The van der Waals surface area contributed by atoms with Crippen molar-refractivity contribution in [3.8, 4) is 5.75 Å². The summed E-state index contributed by atoms with van der Waals surface area (Å²) >= 11 is 10.8. The zero-order valence-electron chi connectivity index (χ0n) is 13.3. The first-order chi connectivity index (χ1) is 12.0. The Labute approximate surface area is 155 Å². The van der Waals surface area contributed by atoms with Crippen molar-refractivity contribution in [3.05, 3.63) is 64.7 Å². The van der Waals surface area contributed by atoms with Crippen molar-refractivity contribution in [2.75, 3.05) is 6.61 Å². The van der Waals surface area contributed by atoms with E-state index in [1.807, 2.05) is 6.92 Å². The van der Waals surface area contributed by atoms with Crippen molar-refractivity contribution in [2.24, 2.45) is 0 Å². The highest BCUT2D eigenvalue weighted by Gasteiger charge is 2.09. The molecular formula is C17H16ClN3O3S. The molecule has 0 unspecified atom stereocenters. The predicted molar refractivity (Wildman–Crippen MR) is 99.5 cm³/mol. The van der Waals surface area contributed by atoms with Gasteiger partial charge in [-0.1, -0.05) is 29.8 Å². The van der Waals surface area contributed by atoms with Crippen molar-refractivity contribution >= 4 is 40.7 Å². The largest absolute Gasteiger partial charge is 0.483 e. The molecule has 2 rings (SSSR count). The first kappa shape index (κ1) is 18.7. The van der Waals surface area contributed by atoms with Crippen molar-refractivity contribution in [1.29, 1.82) is 0 Å². The molecule has 2 amide bonds. The Kier molecular flexibility index (Phi) is 6.73. The van der Waals surface area contributed by atoms with E-state index in [1.54, 1.807) is 48.5 Å². The molecule has 3 N–H and O–H groups in total. The third-order valence-corrected chi connectivity index (χ3v) is 3.51. The van der Waals surface area contributed by atoms with Gasteiger partial charge in [0.15, 0.2) is 11.7 Å². The van der Waals surface area contributed by atoms with E-state index in [-0.39, 0.29) is 17.6 Å². The number of benzene rings is 2. The smallest absolute Gasteiger partial charge is 0.276 e. The molecular weight excluding hydrogens is 362 g/mol. The maximum absolute atomic E-state index is 11.9. The maximum atomic E-state index is 11.9. The summed E-state index contributed by atoms with van der Waals surface area (Å²) in [4.78, 5) is 23.6. The minimum atomic E-state index is -0.453. The van der Waals surface area contributed by atoms with Crippen molar-refractivity contribution in [1.82, 2.24) is 16.2 Å². The molecule has 8 heteroatoms. The second-order valence-electron chi connectivity index (χ2n) is 5.02. The fraction of sp³-hybridized carbons (Fsp3) is 0.118. The Morgan fingerprint density at radius 2 is 1.84 bits per heavy atom. The highest BCUT2D eigenvalue weighted by molar-refractivity contribution is 7.80. The van der Waals surface area contributed by atoms with Gasteiger partial charge in [-0.15, -0.1) is 0 Å². The van der Waals surface area contributed by atoms with Gasteiger partial charge in [-0.2, -0.15) is 0 Å². The van der Waals surface area contributed by atoms with Gasteiger partial charge in [0.2, 0.25) is 0 Å². The monoisotopic (exact) mass is 377 g/mol. The lowest BCUT2D eigenvalue weighted by molar-refractivity contribution is -0.123. The summed E-state index contributed by atoms with van der Waals surface area (Å²) in [5, 5.41) is 3.02. The van der Waals surface area contributed by atoms with Gasteiger partial charge < -0.3 is 4.74 Å². The number of hydrogen-bond donors (Lipinski definition) is 3. The molecule has 2 aromatic carbocycles. The molecule has 0 saturated carbocycles. The second kappa shape index (κ2) is 9.00. The van der Waals surface area contributed by atoms with E-state index in [2.05, 4.69) is 16.2 Å². The summed E-state index contributed by atoms with van der Waals surface area (Å²) in [5.74, 6) is -0.273. The van der Waals surface area contributed by atoms with Crippen LogP contribution in [-0.2, 0) is 4.79 Å². The van der Waals surface area contributed by atoms with Crippen LogP contribution in [0.4, 0.5) is 0 Å². The average molecular weight is 378 g/mol. The van der Waals surface area contributed by atoms with Gasteiger partial charge in [0.25, 0.3) is 11.8 Å². The van der Waals surface area contributed by atoms with E-state index in [1.165, 1.54) is 0 Å². The van der Waals surface area contributed by atoms with Gasteiger partial charge in [-0.3, -0.25) is 25.8 Å². The van der Waals surface area contributed by atoms with E-state index in [0.29, 0.717) is 16.3 Å². The number of carbonyl (C=O) groups is 2. The van der Waals surface area contributed by atoms with Gasteiger partial charge in [-0.25, -0.2) is 0 Å². The zero-order chi connectivity index (χ0) is 18.2. The van der Waals surface area contributed by atoms with Gasteiger partial charge in [0.05, 0.1) is 0 Å². The molecule has 0 radical (unpaired) electrons. The summed E-state index contributed by atoms with van der Waals surface area (Å²) in [6.45, 7) is 1.61. The number of hydrazine groups is 1. The minimum Gasteiger partial charge on any atom is -0.483 e. The highest BCUT2D eigenvalue weighted by atomic mass is 35.5. The normalized spacial score (nSPS) is 9.84. The fourth-order valence-corrected chi connectivity index (χ4v) is 2.25. The minimum absolute atomic E-state index is 0.0233. The van der Waals surface area contributed by atoms with Crippen LogP contribution < -0.4 is 20.9 Å². The molecule has 2 aromatic rings. The van der Waals surface area contributed by atoms with Gasteiger partial charge >= 0.3 is 0 Å². The molecule has 0 spiro atoms. The number of hydrogen-bond acceptors (Lipinski definition) is 4. The summed E-state index contributed by atoms with van der Waals surface area (Å²) in [6.07, 6.45) is 0. The Bertz CT molecular complexity index is 784. The van der Waals surface area contributed by atoms with Crippen LogP contribution in [0.2, 0.25) is 5.02 Å². The Morgan fingerprint density at radius 1 is 1.12 bits per heavy atom. The van der Waals surface area contributed by atoms with Crippen LogP contribution in [0.25, 0.3) is 0 Å². The first-order valence-electron chi connectivity index (χ1n) is 7.30. The summed E-state index contributed by atoms with van der Waals surface area (Å²) in [6, 6.07) is 13.7. The van der Waals surface area contributed by atoms with Crippen LogP contribution in [0.1, 0.15) is 15.9 Å². The van der Waals surface area contributed by atoms with Crippen LogP contribution in [0, 0.1) is 6.92 Å². The molecule has 0 aliphatic carbocycles. The number of halogens is 1. The molecule has 0 aliphatic rings. The zero-order valence-corrected chi connectivity index (χ0v) is 14.9. The number of rotatable bonds is 4. The molecule has 0 aliphatic heterocycles. The highest BCUT2D eigenvalue weighted by Crippen LogP contribution is 2.21. The van der Waals surface area contributed by atoms with Crippen LogP contribution >= 0.6 is 23.8 Å². The quantitative estimate of drug-likeness (QED) is 0.563. The van der Waals surface area contributed by atoms with Crippen LogP contribution in [-0.4, -0.2) is 23.5 Å². The number of thiocarbonyl (C=S) groups is 1. The van der Waals surface area contributed by atoms with Gasteiger partial charge in [-0.05, 0) is 55.0 Å². The Morgan fingerprint density at radius 3 is 2.52 bits per heavy atom. The lowest BCUT2D eigenvalue weighted by atomic mass is 10.2. The van der Waals surface area contributed by atoms with E-state index in [4.69, 9.17) is 28.6 Å².